The summed E-state index contributed by atoms with van der Waals surface area (Å²) in [5.41, 5.74) is 1.71. The van der Waals surface area contributed by atoms with Gasteiger partial charge in [0.05, 0.1) is 11.0 Å². The number of fused-ring (bicyclic) bond motifs is 3. The maximum absolute atomic E-state index is 12.1. The molecule has 11 nitrogen and oxygen atoms in total. The van der Waals surface area contributed by atoms with Crippen molar-refractivity contribution >= 4 is 34.5 Å². The van der Waals surface area contributed by atoms with Gasteiger partial charge in [-0.1, -0.05) is 0 Å². The summed E-state index contributed by atoms with van der Waals surface area (Å²) in [6, 6.07) is 5.01. The first-order valence-corrected chi connectivity index (χ1v) is 10.4. The van der Waals surface area contributed by atoms with Gasteiger partial charge in [0.2, 0.25) is 5.65 Å². The van der Waals surface area contributed by atoms with E-state index in [1.54, 1.807) is 18.2 Å². The van der Waals surface area contributed by atoms with Crippen LogP contribution >= 0.6 is 0 Å². The van der Waals surface area contributed by atoms with E-state index in [4.69, 9.17) is 4.74 Å². The van der Waals surface area contributed by atoms with Crippen LogP contribution in [0.25, 0.3) is 16.7 Å². The van der Waals surface area contributed by atoms with E-state index in [2.05, 4.69) is 25.8 Å². The van der Waals surface area contributed by atoms with E-state index in [0.29, 0.717) is 46.5 Å². The zero-order valence-electron chi connectivity index (χ0n) is 19.0. The van der Waals surface area contributed by atoms with E-state index in [1.165, 1.54) is 7.05 Å². The van der Waals surface area contributed by atoms with Gasteiger partial charge in [0.25, 0.3) is 5.91 Å². The number of carbonyl (C=O) groups excluding carboxylic acids is 2. The lowest BCUT2D eigenvalue weighted by atomic mass is 10.1. The van der Waals surface area contributed by atoms with Crippen molar-refractivity contribution in [3.05, 3.63) is 29.6 Å². The molecule has 0 fully saturated rings. The number of hydroxylamine groups is 2. The molecule has 0 saturated carbocycles. The highest BCUT2D eigenvalue weighted by molar-refractivity contribution is 5.97. The number of alkyl carbamates (subject to hydrolysis) is 1. The first-order valence-electron chi connectivity index (χ1n) is 10.4. The summed E-state index contributed by atoms with van der Waals surface area (Å²) >= 11 is 0. The van der Waals surface area contributed by atoms with Crippen LogP contribution in [0, 0.1) is 6.92 Å². The Balaban J connectivity index is 1.69. The van der Waals surface area contributed by atoms with Gasteiger partial charge in [-0.3, -0.25) is 14.4 Å². The molecule has 0 atom stereocenters. The summed E-state index contributed by atoms with van der Waals surface area (Å²) in [5, 5.41) is 24.4. The predicted molar refractivity (Wildman–Crippen MR) is 119 cm³/mol. The SMILES string of the molecule is Cc1nnc2c(NCCCCNC(=O)OC(C)(C)C)nc3cc(C(=O)N(C)O)ccc3n12. The van der Waals surface area contributed by atoms with Gasteiger partial charge in [0.15, 0.2) is 5.82 Å². The van der Waals surface area contributed by atoms with E-state index in [0.717, 1.165) is 18.4 Å². The highest BCUT2D eigenvalue weighted by Crippen LogP contribution is 2.23. The van der Waals surface area contributed by atoms with E-state index in [-0.39, 0.29) is 0 Å². The molecule has 2 heterocycles. The van der Waals surface area contributed by atoms with Gasteiger partial charge in [-0.15, -0.1) is 10.2 Å². The zero-order chi connectivity index (χ0) is 23.5. The number of nitrogens with one attached hydrogen (secondary N) is 2. The molecule has 172 valence electrons. The van der Waals surface area contributed by atoms with Crippen LogP contribution in [-0.4, -0.2) is 67.6 Å². The van der Waals surface area contributed by atoms with Gasteiger partial charge < -0.3 is 15.4 Å². The number of anilines is 1. The van der Waals surface area contributed by atoms with E-state index < -0.39 is 17.6 Å². The fourth-order valence-electron chi connectivity index (χ4n) is 3.18. The fraction of sp³-hybridized carbons (Fsp3) is 0.476. The Bertz CT molecular complexity index is 1130. The van der Waals surface area contributed by atoms with Crippen LogP contribution in [0.1, 0.15) is 49.8 Å². The average Bonchev–Trinajstić information content (AvgIpc) is 3.10. The average molecular weight is 444 g/mol. The predicted octanol–water partition coefficient (Wildman–Crippen LogP) is 2.76. The summed E-state index contributed by atoms with van der Waals surface area (Å²) in [4.78, 5) is 28.4. The second-order valence-electron chi connectivity index (χ2n) is 8.46. The third-order valence-corrected chi connectivity index (χ3v) is 4.59. The number of ether oxygens (including phenoxy) is 1. The van der Waals surface area contributed by atoms with Crippen molar-refractivity contribution in [1.82, 2.24) is 30.0 Å². The first kappa shape index (κ1) is 23.2. The van der Waals surface area contributed by atoms with Crippen molar-refractivity contribution in [1.29, 1.82) is 0 Å². The molecule has 3 N–H and O–H groups in total. The maximum atomic E-state index is 12.1. The quantitative estimate of drug-likeness (QED) is 0.288. The number of hydrogen-bond acceptors (Lipinski definition) is 8. The maximum Gasteiger partial charge on any atom is 0.407 e. The molecule has 0 unspecified atom stereocenters. The second-order valence-corrected chi connectivity index (χ2v) is 8.46. The van der Waals surface area contributed by atoms with Gasteiger partial charge >= 0.3 is 6.09 Å². The molecule has 0 radical (unpaired) electrons. The van der Waals surface area contributed by atoms with Crippen LogP contribution in [0.5, 0.6) is 0 Å². The normalized spacial score (nSPS) is 11.6. The summed E-state index contributed by atoms with van der Waals surface area (Å²) in [6.45, 7) is 8.41. The van der Waals surface area contributed by atoms with Gasteiger partial charge in [-0.25, -0.2) is 14.8 Å². The van der Waals surface area contributed by atoms with Crippen LogP contribution in [0.15, 0.2) is 18.2 Å². The Labute approximate surface area is 185 Å². The molecule has 1 aromatic carbocycles. The Hall–Kier alpha value is -3.47. The largest absolute Gasteiger partial charge is 0.444 e. The standard InChI is InChI=1S/C21H29N7O4/c1-13-25-26-18-17(22-10-6-7-11-23-20(30)32-21(2,3)4)24-15-12-14(19(29)27(5)31)8-9-16(15)28(13)18/h8-9,12,31H,6-7,10-11H2,1-5H3,(H,22,24)(H,23,30). The molecule has 2 amide bonds. The van der Waals surface area contributed by atoms with Crippen LogP contribution in [0.2, 0.25) is 0 Å². The molecular weight excluding hydrogens is 414 g/mol. The third kappa shape index (κ3) is 5.41. The fourth-order valence-corrected chi connectivity index (χ4v) is 3.18. The third-order valence-electron chi connectivity index (χ3n) is 4.59. The second kappa shape index (κ2) is 9.35. The van der Waals surface area contributed by atoms with Gasteiger partial charge in [0.1, 0.15) is 11.4 Å². The lowest BCUT2D eigenvalue weighted by Gasteiger charge is -2.19. The van der Waals surface area contributed by atoms with Crippen LogP contribution in [0.4, 0.5) is 10.6 Å². The van der Waals surface area contributed by atoms with Gasteiger partial charge in [0, 0.05) is 25.7 Å². The molecule has 0 aliphatic carbocycles. The highest BCUT2D eigenvalue weighted by Gasteiger charge is 2.17. The molecule has 11 heteroatoms. The number of unbranched alkanes of at least 4 members (excludes halogenated alkanes) is 1. The van der Waals surface area contributed by atoms with Crippen molar-refractivity contribution < 1.29 is 19.5 Å². The van der Waals surface area contributed by atoms with Gasteiger partial charge in [-0.05, 0) is 58.7 Å². The summed E-state index contributed by atoms with van der Waals surface area (Å²) < 4.78 is 7.08. The van der Waals surface area contributed by atoms with Crippen LogP contribution in [-0.2, 0) is 4.74 Å². The monoisotopic (exact) mass is 443 g/mol. The van der Waals surface area contributed by atoms with Crippen LogP contribution < -0.4 is 10.6 Å². The molecule has 3 aromatic rings. The number of amides is 2. The number of benzene rings is 1. The number of nitrogens with zero attached hydrogens (tertiary/aromatic N) is 5. The minimum atomic E-state index is -0.527. The van der Waals surface area contributed by atoms with Crippen molar-refractivity contribution in [2.24, 2.45) is 0 Å². The summed E-state index contributed by atoms with van der Waals surface area (Å²) in [7, 11) is 1.28. The molecule has 3 rings (SSSR count). The summed E-state index contributed by atoms with van der Waals surface area (Å²) in [5.74, 6) is 0.705. The highest BCUT2D eigenvalue weighted by atomic mass is 16.6. The Kier molecular flexibility index (Phi) is 6.78. The smallest absolute Gasteiger partial charge is 0.407 e. The van der Waals surface area contributed by atoms with E-state index in [9.17, 15) is 14.8 Å². The Morgan fingerprint density at radius 3 is 2.59 bits per heavy atom. The summed E-state index contributed by atoms with van der Waals surface area (Å²) in [6.07, 6.45) is 1.10. The van der Waals surface area contributed by atoms with Crippen molar-refractivity contribution in [2.45, 2.75) is 46.1 Å². The van der Waals surface area contributed by atoms with E-state index >= 15 is 0 Å². The lowest BCUT2D eigenvalue weighted by molar-refractivity contribution is -0.0374. The molecule has 0 bridgehead atoms. The molecule has 2 aromatic heterocycles. The first-order chi connectivity index (χ1) is 15.1. The molecular formula is C21H29N7O4. The topological polar surface area (TPSA) is 134 Å². The number of aromatic nitrogens is 4. The minimum Gasteiger partial charge on any atom is -0.444 e. The lowest BCUT2D eigenvalue weighted by Crippen LogP contribution is -2.33. The van der Waals surface area contributed by atoms with E-state index in [1.807, 2.05) is 32.1 Å². The Morgan fingerprint density at radius 2 is 1.91 bits per heavy atom. The Morgan fingerprint density at radius 1 is 1.19 bits per heavy atom. The number of aryl methyl sites for hydroxylation is 1. The van der Waals surface area contributed by atoms with Crippen molar-refractivity contribution in [3.63, 3.8) is 0 Å². The van der Waals surface area contributed by atoms with Crippen molar-refractivity contribution in [2.75, 3.05) is 25.5 Å². The molecule has 0 spiro atoms. The van der Waals surface area contributed by atoms with Crippen LogP contribution in [0.3, 0.4) is 0 Å². The zero-order valence-corrected chi connectivity index (χ0v) is 19.0. The number of rotatable bonds is 7. The molecule has 0 saturated heterocycles. The van der Waals surface area contributed by atoms with Crippen molar-refractivity contribution in [3.8, 4) is 0 Å². The molecule has 0 aliphatic heterocycles. The van der Waals surface area contributed by atoms with Gasteiger partial charge in [-0.2, -0.15) is 0 Å². The minimum absolute atomic E-state index is 0.319. The number of hydrogen-bond donors (Lipinski definition) is 3. The molecule has 0 aliphatic rings. The number of carbonyl (C=O) groups is 2. The molecule has 32 heavy (non-hydrogen) atoms.